The van der Waals surface area contributed by atoms with Gasteiger partial charge < -0.3 is 9.47 Å². The van der Waals surface area contributed by atoms with E-state index in [2.05, 4.69) is 22.5 Å². The van der Waals surface area contributed by atoms with Crippen molar-refractivity contribution in [3.8, 4) is 16.9 Å². The van der Waals surface area contributed by atoms with Gasteiger partial charge in [-0.3, -0.25) is 0 Å². The molecule has 0 spiro atoms. The highest BCUT2D eigenvalue weighted by molar-refractivity contribution is 9.10. The van der Waals surface area contributed by atoms with Crippen LogP contribution in [0.1, 0.15) is 21.5 Å². The van der Waals surface area contributed by atoms with Crippen LogP contribution < -0.4 is 4.74 Å². The van der Waals surface area contributed by atoms with Crippen LogP contribution in [0.3, 0.4) is 0 Å². The van der Waals surface area contributed by atoms with E-state index in [9.17, 15) is 4.79 Å². The molecule has 0 amide bonds. The standard InChI is InChI=1S/C23H19BrO3/c1-3-17-13-14-19(23(25)26-2)21(22(17)24)18-11-7-8-12-20(18)27-15-16-9-5-4-6-10-16/h3-14H,1,15H2,2H3. The van der Waals surface area contributed by atoms with E-state index >= 15 is 0 Å². The Kier molecular flexibility index (Phi) is 6.09. The largest absolute Gasteiger partial charge is 0.488 e. The molecular formula is C23H19BrO3. The van der Waals surface area contributed by atoms with Crippen molar-refractivity contribution in [2.45, 2.75) is 6.61 Å². The normalized spacial score (nSPS) is 10.3. The first-order valence-electron chi connectivity index (χ1n) is 8.45. The first-order valence-corrected chi connectivity index (χ1v) is 9.24. The minimum atomic E-state index is -0.404. The second-order valence-electron chi connectivity index (χ2n) is 5.86. The summed E-state index contributed by atoms with van der Waals surface area (Å²) in [5.74, 6) is 0.285. The van der Waals surface area contributed by atoms with Crippen molar-refractivity contribution in [2.24, 2.45) is 0 Å². The number of halogens is 1. The molecule has 27 heavy (non-hydrogen) atoms. The van der Waals surface area contributed by atoms with Crippen LogP contribution in [0.25, 0.3) is 17.2 Å². The zero-order chi connectivity index (χ0) is 19.2. The number of esters is 1. The molecule has 0 aliphatic carbocycles. The third kappa shape index (κ3) is 4.12. The number of methoxy groups -OCH3 is 1. The maximum Gasteiger partial charge on any atom is 0.338 e. The monoisotopic (exact) mass is 422 g/mol. The number of para-hydroxylation sites is 1. The van der Waals surface area contributed by atoms with Crippen LogP contribution in [0.4, 0.5) is 0 Å². The maximum atomic E-state index is 12.3. The fourth-order valence-electron chi connectivity index (χ4n) is 2.83. The lowest BCUT2D eigenvalue weighted by molar-refractivity contribution is 0.0601. The molecule has 0 saturated carbocycles. The van der Waals surface area contributed by atoms with Crippen molar-refractivity contribution in [3.05, 3.63) is 94.5 Å². The molecule has 4 heteroatoms. The zero-order valence-electron chi connectivity index (χ0n) is 14.9. The number of rotatable bonds is 6. The van der Waals surface area contributed by atoms with Crippen molar-refractivity contribution in [1.29, 1.82) is 0 Å². The average molecular weight is 423 g/mol. The fraction of sp³-hybridized carbons (Fsp3) is 0.0870. The Hall–Kier alpha value is -2.85. The van der Waals surface area contributed by atoms with Gasteiger partial charge in [0.1, 0.15) is 12.4 Å². The van der Waals surface area contributed by atoms with Gasteiger partial charge in [-0.15, -0.1) is 0 Å². The molecule has 136 valence electrons. The van der Waals surface area contributed by atoms with Gasteiger partial charge in [0.2, 0.25) is 0 Å². The molecule has 0 unspecified atom stereocenters. The number of carbonyl (C=O) groups is 1. The highest BCUT2D eigenvalue weighted by Gasteiger charge is 2.20. The van der Waals surface area contributed by atoms with Crippen molar-refractivity contribution in [2.75, 3.05) is 7.11 Å². The zero-order valence-corrected chi connectivity index (χ0v) is 16.5. The van der Waals surface area contributed by atoms with Gasteiger partial charge in [-0.1, -0.05) is 67.3 Å². The SMILES string of the molecule is C=Cc1ccc(C(=O)OC)c(-c2ccccc2OCc2ccccc2)c1Br. The van der Waals surface area contributed by atoms with Crippen molar-refractivity contribution in [1.82, 2.24) is 0 Å². The van der Waals surface area contributed by atoms with Gasteiger partial charge >= 0.3 is 5.97 Å². The Labute approximate surface area is 167 Å². The first-order chi connectivity index (χ1) is 13.2. The Bertz CT molecular complexity index is 965. The molecule has 0 bridgehead atoms. The lowest BCUT2D eigenvalue weighted by Gasteiger charge is -2.17. The van der Waals surface area contributed by atoms with E-state index in [0.717, 1.165) is 26.7 Å². The van der Waals surface area contributed by atoms with Crippen molar-refractivity contribution < 1.29 is 14.3 Å². The third-order valence-electron chi connectivity index (χ3n) is 4.19. The Morgan fingerprint density at radius 1 is 1.04 bits per heavy atom. The second-order valence-corrected chi connectivity index (χ2v) is 6.65. The molecule has 3 aromatic carbocycles. The van der Waals surface area contributed by atoms with Crippen LogP contribution in [0, 0.1) is 0 Å². The second kappa shape index (κ2) is 8.69. The summed E-state index contributed by atoms with van der Waals surface area (Å²) in [5, 5.41) is 0. The number of benzene rings is 3. The molecule has 0 aliphatic rings. The van der Waals surface area contributed by atoms with E-state index in [1.165, 1.54) is 7.11 Å². The van der Waals surface area contributed by atoms with Crippen LogP contribution in [-0.4, -0.2) is 13.1 Å². The van der Waals surface area contributed by atoms with Gasteiger partial charge in [0.25, 0.3) is 0 Å². The molecule has 3 nitrogen and oxygen atoms in total. The highest BCUT2D eigenvalue weighted by atomic mass is 79.9. The average Bonchev–Trinajstić information content (AvgIpc) is 2.72. The topological polar surface area (TPSA) is 35.5 Å². The lowest BCUT2D eigenvalue weighted by atomic mass is 9.96. The molecule has 0 saturated heterocycles. The molecule has 0 atom stereocenters. The number of carbonyl (C=O) groups excluding carboxylic acids is 1. The molecule has 0 heterocycles. The fourth-order valence-corrected chi connectivity index (χ4v) is 3.55. The Morgan fingerprint density at radius 3 is 2.44 bits per heavy atom. The van der Waals surface area contributed by atoms with E-state index in [1.54, 1.807) is 12.1 Å². The van der Waals surface area contributed by atoms with E-state index < -0.39 is 5.97 Å². The highest BCUT2D eigenvalue weighted by Crippen LogP contribution is 2.40. The van der Waals surface area contributed by atoms with Crippen molar-refractivity contribution in [3.63, 3.8) is 0 Å². The maximum absolute atomic E-state index is 12.3. The van der Waals surface area contributed by atoms with Gasteiger partial charge in [-0.25, -0.2) is 4.79 Å². The summed E-state index contributed by atoms with van der Waals surface area (Å²) in [6.45, 7) is 4.28. The summed E-state index contributed by atoms with van der Waals surface area (Å²) in [5.41, 5.74) is 3.95. The summed E-state index contributed by atoms with van der Waals surface area (Å²) >= 11 is 3.62. The predicted octanol–water partition coefficient (Wildman–Crippen LogP) is 6.12. The molecule has 0 N–H and O–H groups in total. The van der Waals surface area contributed by atoms with Gasteiger partial charge in [-0.2, -0.15) is 0 Å². The van der Waals surface area contributed by atoms with E-state index in [1.807, 2.05) is 60.7 Å². The van der Waals surface area contributed by atoms with Gasteiger partial charge in [0, 0.05) is 15.6 Å². The van der Waals surface area contributed by atoms with Crippen LogP contribution in [0.5, 0.6) is 5.75 Å². The van der Waals surface area contributed by atoms with E-state index in [-0.39, 0.29) is 0 Å². The van der Waals surface area contributed by atoms with Gasteiger partial charge in [0.05, 0.1) is 12.7 Å². The van der Waals surface area contributed by atoms with Crippen LogP contribution in [-0.2, 0) is 11.3 Å². The van der Waals surface area contributed by atoms with Crippen LogP contribution >= 0.6 is 15.9 Å². The van der Waals surface area contributed by atoms with Gasteiger partial charge in [0.15, 0.2) is 0 Å². The molecule has 3 rings (SSSR count). The smallest absolute Gasteiger partial charge is 0.338 e. The molecule has 3 aromatic rings. The first kappa shape index (κ1) is 18.9. The summed E-state index contributed by atoms with van der Waals surface area (Å²) in [6.07, 6.45) is 1.74. The minimum absolute atomic E-state index is 0.404. The molecular weight excluding hydrogens is 404 g/mol. The summed E-state index contributed by atoms with van der Waals surface area (Å²) in [4.78, 5) is 12.3. The minimum Gasteiger partial charge on any atom is -0.488 e. The van der Waals surface area contributed by atoms with Gasteiger partial charge in [-0.05, 0) is 39.2 Å². The number of hydrogen-bond donors (Lipinski definition) is 0. The molecule has 0 radical (unpaired) electrons. The summed E-state index contributed by atoms with van der Waals surface area (Å²) in [7, 11) is 1.37. The molecule has 0 fully saturated rings. The van der Waals surface area contributed by atoms with Crippen LogP contribution in [0.2, 0.25) is 0 Å². The van der Waals surface area contributed by atoms with Crippen LogP contribution in [0.15, 0.2) is 77.8 Å². The van der Waals surface area contributed by atoms with E-state index in [4.69, 9.17) is 9.47 Å². The Morgan fingerprint density at radius 2 is 1.74 bits per heavy atom. The number of hydrogen-bond acceptors (Lipinski definition) is 3. The number of ether oxygens (including phenoxy) is 2. The third-order valence-corrected chi connectivity index (χ3v) is 5.04. The predicted molar refractivity (Wildman–Crippen MR) is 112 cm³/mol. The quantitative estimate of drug-likeness (QED) is 0.448. The van der Waals surface area contributed by atoms with Crippen molar-refractivity contribution >= 4 is 28.0 Å². The molecule has 0 aromatic heterocycles. The molecule has 0 aliphatic heterocycles. The Balaban J connectivity index is 2.08. The summed E-state index contributed by atoms with van der Waals surface area (Å²) < 4.78 is 11.8. The lowest BCUT2D eigenvalue weighted by Crippen LogP contribution is -2.06. The summed E-state index contributed by atoms with van der Waals surface area (Å²) in [6, 6.07) is 21.2. The van der Waals surface area contributed by atoms with E-state index in [0.29, 0.717) is 17.9 Å².